The molecule has 1 atom stereocenters. The Bertz CT molecular complexity index is 835. The van der Waals surface area contributed by atoms with Gasteiger partial charge >= 0.3 is 0 Å². The highest BCUT2D eigenvalue weighted by molar-refractivity contribution is 7.14. The van der Waals surface area contributed by atoms with Gasteiger partial charge in [0.2, 0.25) is 0 Å². The molecule has 0 spiro atoms. The molecule has 1 heterocycles. The number of carbonyl (C=O) groups excluding carboxylic acids is 1. The highest BCUT2D eigenvalue weighted by Gasteiger charge is 2.25. The highest BCUT2D eigenvalue weighted by atomic mass is 35.5. The first-order valence-corrected chi connectivity index (χ1v) is 9.21. The molecule has 0 radical (unpaired) electrons. The van der Waals surface area contributed by atoms with E-state index in [1.165, 1.54) is 11.3 Å². The van der Waals surface area contributed by atoms with Crippen LogP contribution in [0.5, 0.6) is 5.75 Å². The van der Waals surface area contributed by atoms with Gasteiger partial charge in [0, 0.05) is 5.02 Å². The van der Waals surface area contributed by atoms with Crippen LogP contribution in [0.3, 0.4) is 0 Å². The van der Waals surface area contributed by atoms with Crippen molar-refractivity contribution < 1.29 is 9.53 Å². The second-order valence-electron chi connectivity index (χ2n) is 6.54. The summed E-state index contributed by atoms with van der Waals surface area (Å²) in [5.74, 6) is 0.0145. The van der Waals surface area contributed by atoms with Crippen molar-refractivity contribution in [3.63, 3.8) is 0 Å². The highest BCUT2D eigenvalue weighted by Crippen LogP contribution is 2.35. The van der Waals surface area contributed by atoms with E-state index < -0.39 is 6.10 Å². The van der Waals surface area contributed by atoms with Gasteiger partial charge in [0.05, 0.1) is 10.6 Å². The Balaban J connectivity index is 2.14. The summed E-state index contributed by atoms with van der Waals surface area (Å²) in [6.07, 6.45) is -0.787. The minimum Gasteiger partial charge on any atom is -0.479 e. The number of ether oxygens (including phenoxy) is 1. The van der Waals surface area contributed by atoms with E-state index in [0.29, 0.717) is 26.4 Å². The van der Waals surface area contributed by atoms with Gasteiger partial charge in [0.25, 0.3) is 5.91 Å². The monoisotopic (exact) mass is 396 g/mol. The maximum atomic E-state index is 12.4. The van der Waals surface area contributed by atoms with Gasteiger partial charge in [0.1, 0.15) is 16.8 Å². The van der Waals surface area contributed by atoms with Crippen LogP contribution < -0.4 is 10.1 Å². The Morgan fingerprint density at radius 1 is 1.36 bits per heavy atom. The molecule has 7 heteroatoms. The van der Waals surface area contributed by atoms with Crippen molar-refractivity contribution in [3.05, 3.63) is 44.8 Å². The zero-order valence-electron chi connectivity index (χ0n) is 14.3. The van der Waals surface area contributed by atoms with Gasteiger partial charge in [-0.05, 0) is 41.5 Å². The van der Waals surface area contributed by atoms with Gasteiger partial charge in [-0.2, -0.15) is 5.26 Å². The fourth-order valence-corrected chi connectivity index (χ4v) is 3.73. The molecule has 1 aromatic heterocycles. The maximum absolute atomic E-state index is 12.4. The number of hydrogen-bond acceptors (Lipinski definition) is 4. The van der Waals surface area contributed by atoms with Crippen LogP contribution in [-0.2, 0) is 10.2 Å². The summed E-state index contributed by atoms with van der Waals surface area (Å²) in [5, 5.41) is 15.5. The number of hydrogen-bond donors (Lipinski definition) is 1. The Hall–Kier alpha value is -1.74. The Morgan fingerprint density at radius 3 is 2.60 bits per heavy atom. The maximum Gasteiger partial charge on any atom is 0.265 e. The lowest BCUT2D eigenvalue weighted by atomic mass is 9.86. The largest absolute Gasteiger partial charge is 0.479 e. The van der Waals surface area contributed by atoms with Gasteiger partial charge in [-0.1, -0.05) is 44.0 Å². The Morgan fingerprint density at radius 2 is 2.04 bits per heavy atom. The molecule has 4 nitrogen and oxygen atoms in total. The van der Waals surface area contributed by atoms with E-state index in [-0.39, 0.29) is 11.3 Å². The number of nitrogens with one attached hydrogen (secondary N) is 1. The minimum absolute atomic E-state index is 0.177. The predicted octanol–water partition coefficient (Wildman–Crippen LogP) is 5.63. The number of rotatable bonds is 4. The van der Waals surface area contributed by atoms with Gasteiger partial charge in [-0.15, -0.1) is 11.3 Å². The number of nitriles is 1. The molecule has 0 aliphatic rings. The van der Waals surface area contributed by atoms with E-state index >= 15 is 0 Å². The van der Waals surface area contributed by atoms with Crippen LogP contribution >= 0.6 is 34.5 Å². The summed E-state index contributed by atoms with van der Waals surface area (Å²) >= 11 is 13.2. The molecule has 2 rings (SSSR count). The van der Waals surface area contributed by atoms with Crippen molar-refractivity contribution in [1.29, 1.82) is 5.26 Å². The lowest BCUT2D eigenvalue weighted by Crippen LogP contribution is -2.30. The average Bonchev–Trinajstić information content (AvgIpc) is 2.92. The summed E-state index contributed by atoms with van der Waals surface area (Å²) in [4.78, 5) is 12.4. The number of nitrogens with zero attached hydrogens (tertiary/aromatic N) is 1. The molecular formula is C18H18Cl2N2O2S. The minimum atomic E-state index is -0.787. The van der Waals surface area contributed by atoms with Gasteiger partial charge < -0.3 is 10.1 Å². The summed E-state index contributed by atoms with van der Waals surface area (Å²) in [6.45, 7) is 7.69. The lowest BCUT2D eigenvalue weighted by Gasteiger charge is -2.18. The van der Waals surface area contributed by atoms with E-state index in [1.807, 2.05) is 26.2 Å². The number of thiophene rings is 1. The van der Waals surface area contributed by atoms with Crippen molar-refractivity contribution in [2.24, 2.45) is 0 Å². The third kappa shape index (κ3) is 4.66. The fourth-order valence-electron chi connectivity index (χ4n) is 2.14. The van der Waals surface area contributed by atoms with Crippen molar-refractivity contribution in [1.82, 2.24) is 0 Å². The summed E-state index contributed by atoms with van der Waals surface area (Å²) in [5.41, 5.74) is 1.22. The predicted molar refractivity (Wildman–Crippen MR) is 103 cm³/mol. The standard InChI is InChI=1S/C18H18Cl2N2O2S/c1-10(24-15-6-5-11(19)7-14(15)20)16(23)22-17-12(8-21)13(9-25-17)18(2,3)4/h5-7,9-10H,1-4H3,(H,22,23). The second-order valence-corrected chi connectivity index (χ2v) is 8.26. The van der Waals surface area contributed by atoms with Gasteiger partial charge in [0.15, 0.2) is 6.10 Å². The molecule has 1 unspecified atom stereocenters. The lowest BCUT2D eigenvalue weighted by molar-refractivity contribution is -0.122. The number of benzene rings is 1. The molecule has 132 valence electrons. The van der Waals surface area contributed by atoms with Crippen LogP contribution in [0.1, 0.15) is 38.8 Å². The topological polar surface area (TPSA) is 62.1 Å². The van der Waals surface area contributed by atoms with E-state index in [1.54, 1.807) is 25.1 Å². The summed E-state index contributed by atoms with van der Waals surface area (Å²) in [7, 11) is 0. The molecule has 1 N–H and O–H groups in total. The van der Waals surface area contributed by atoms with E-state index in [0.717, 1.165) is 5.56 Å². The number of halogens is 2. The molecule has 0 aliphatic carbocycles. The molecular weight excluding hydrogens is 379 g/mol. The van der Waals surface area contributed by atoms with Crippen LogP contribution in [0.15, 0.2) is 23.6 Å². The molecule has 2 aromatic rings. The third-order valence-corrected chi connectivity index (χ3v) is 4.94. The average molecular weight is 397 g/mol. The molecule has 0 saturated heterocycles. The molecule has 0 fully saturated rings. The van der Waals surface area contributed by atoms with Crippen molar-refractivity contribution in [3.8, 4) is 11.8 Å². The zero-order valence-corrected chi connectivity index (χ0v) is 16.6. The van der Waals surface area contributed by atoms with E-state index in [2.05, 4.69) is 11.4 Å². The third-order valence-electron chi connectivity index (χ3n) is 3.51. The van der Waals surface area contributed by atoms with Crippen molar-refractivity contribution >= 4 is 45.4 Å². The zero-order chi connectivity index (χ0) is 18.8. The van der Waals surface area contributed by atoms with Crippen molar-refractivity contribution in [2.75, 3.05) is 5.32 Å². The van der Waals surface area contributed by atoms with Crippen LogP contribution in [0, 0.1) is 11.3 Å². The molecule has 0 bridgehead atoms. The van der Waals surface area contributed by atoms with Gasteiger partial charge in [-0.3, -0.25) is 4.79 Å². The first-order chi connectivity index (χ1) is 11.6. The number of anilines is 1. The van der Waals surface area contributed by atoms with Crippen LogP contribution in [0.4, 0.5) is 5.00 Å². The van der Waals surface area contributed by atoms with E-state index in [9.17, 15) is 10.1 Å². The summed E-state index contributed by atoms with van der Waals surface area (Å²) < 4.78 is 5.60. The first kappa shape index (κ1) is 19.6. The smallest absolute Gasteiger partial charge is 0.265 e. The normalized spacial score (nSPS) is 12.4. The Labute approximate surface area is 161 Å². The quantitative estimate of drug-likeness (QED) is 0.727. The molecule has 0 aliphatic heterocycles. The molecule has 1 aromatic carbocycles. The Kier molecular flexibility index (Phi) is 5.99. The first-order valence-electron chi connectivity index (χ1n) is 7.58. The fraction of sp³-hybridized carbons (Fsp3) is 0.333. The van der Waals surface area contributed by atoms with Crippen LogP contribution in [0.25, 0.3) is 0 Å². The molecule has 1 amide bonds. The molecule has 25 heavy (non-hydrogen) atoms. The van der Waals surface area contributed by atoms with Crippen LogP contribution in [0.2, 0.25) is 10.0 Å². The SMILES string of the molecule is CC(Oc1ccc(Cl)cc1Cl)C(=O)Nc1scc(C(C)(C)C)c1C#N. The number of carbonyl (C=O) groups is 1. The number of amides is 1. The second kappa shape index (κ2) is 7.65. The summed E-state index contributed by atoms with van der Waals surface area (Å²) in [6, 6.07) is 6.97. The van der Waals surface area contributed by atoms with Gasteiger partial charge in [-0.25, -0.2) is 0 Å². The van der Waals surface area contributed by atoms with Crippen LogP contribution in [-0.4, -0.2) is 12.0 Å². The molecule has 0 saturated carbocycles. The van der Waals surface area contributed by atoms with E-state index in [4.69, 9.17) is 27.9 Å². The van der Waals surface area contributed by atoms with Crippen molar-refractivity contribution in [2.45, 2.75) is 39.2 Å².